The smallest absolute Gasteiger partial charge is 0.307 e. The van der Waals surface area contributed by atoms with Crippen molar-refractivity contribution in [3.63, 3.8) is 0 Å². The van der Waals surface area contributed by atoms with Gasteiger partial charge >= 0.3 is 5.69 Å². The molecule has 0 aliphatic rings. The van der Waals surface area contributed by atoms with Crippen LogP contribution in [0.15, 0.2) is 21.9 Å². The Hall–Kier alpha value is -0.940. The zero-order valence-electron chi connectivity index (χ0n) is 7.95. The van der Waals surface area contributed by atoms with Crippen molar-refractivity contribution in [1.82, 2.24) is 9.66 Å². The lowest BCUT2D eigenvalue weighted by atomic mass is 10.6. The van der Waals surface area contributed by atoms with Crippen molar-refractivity contribution in [1.29, 1.82) is 0 Å². The lowest BCUT2D eigenvalue weighted by Gasteiger charge is -2.23. The third-order valence-electron chi connectivity index (χ3n) is 1.80. The molecule has 1 N–H and O–H groups in total. The lowest BCUT2D eigenvalue weighted by molar-refractivity contribution is 0.586. The number of H-pyrrole nitrogens is 1. The fourth-order valence-electron chi connectivity index (χ4n) is 1.16. The third-order valence-corrected chi connectivity index (χ3v) is 2.13. The highest BCUT2D eigenvalue weighted by molar-refractivity contribution is 6.18. The summed E-state index contributed by atoms with van der Waals surface area (Å²) in [6.45, 7) is 0.973. The van der Waals surface area contributed by atoms with E-state index in [0.29, 0.717) is 24.8 Å². The van der Waals surface area contributed by atoms with Crippen LogP contribution < -0.4 is 16.3 Å². The average Bonchev–Trinajstić information content (AvgIpc) is 2.17. The van der Waals surface area contributed by atoms with E-state index in [4.69, 9.17) is 23.2 Å². The normalized spacial score (nSPS) is 10.3. The number of aromatic amines is 1. The Bertz CT molecular complexity index is 409. The van der Waals surface area contributed by atoms with E-state index in [-0.39, 0.29) is 0 Å². The molecule has 0 spiro atoms. The van der Waals surface area contributed by atoms with Crippen LogP contribution in [0.4, 0.5) is 0 Å². The van der Waals surface area contributed by atoms with E-state index in [0.717, 1.165) is 0 Å². The Labute approximate surface area is 96.2 Å². The molecule has 0 saturated heterocycles. The predicted octanol–water partition coefficient (Wildman–Crippen LogP) is -0.0478. The number of halogens is 2. The van der Waals surface area contributed by atoms with Crippen LogP contribution in [0.1, 0.15) is 0 Å². The average molecular weight is 252 g/mol. The van der Waals surface area contributed by atoms with Gasteiger partial charge in [-0.15, -0.1) is 23.2 Å². The molecule has 1 aromatic rings. The molecule has 5 nitrogen and oxygen atoms in total. The van der Waals surface area contributed by atoms with Crippen LogP contribution in [0.3, 0.4) is 0 Å². The molecule has 0 aromatic carbocycles. The summed E-state index contributed by atoms with van der Waals surface area (Å²) in [4.78, 5) is 24.4. The number of nitrogens with one attached hydrogen (secondary N) is 1. The van der Waals surface area contributed by atoms with Crippen molar-refractivity contribution >= 4 is 23.2 Å². The molecule has 15 heavy (non-hydrogen) atoms. The molecule has 0 amide bonds. The van der Waals surface area contributed by atoms with Crippen LogP contribution in [0.25, 0.3) is 0 Å². The van der Waals surface area contributed by atoms with Crippen LogP contribution in [0.5, 0.6) is 0 Å². The molecule has 1 heterocycles. The van der Waals surface area contributed by atoms with Crippen LogP contribution in [-0.2, 0) is 0 Å². The van der Waals surface area contributed by atoms with Crippen molar-refractivity contribution in [2.75, 3.05) is 29.9 Å². The number of alkyl halides is 2. The number of rotatable bonds is 5. The molecule has 0 aliphatic heterocycles. The Morgan fingerprint density at radius 2 is 1.87 bits per heavy atom. The van der Waals surface area contributed by atoms with Gasteiger partial charge in [-0.05, 0) is 0 Å². The predicted molar refractivity (Wildman–Crippen MR) is 60.7 cm³/mol. The van der Waals surface area contributed by atoms with Crippen LogP contribution in [0.2, 0.25) is 0 Å². The Balaban J connectivity index is 3.00. The van der Waals surface area contributed by atoms with Crippen molar-refractivity contribution in [3.8, 4) is 0 Å². The molecule has 0 radical (unpaired) electrons. The number of hydrogen-bond donors (Lipinski definition) is 1. The molecule has 1 rings (SSSR count). The summed E-state index contributed by atoms with van der Waals surface area (Å²) in [5, 5.41) is 1.66. The van der Waals surface area contributed by atoms with Crippen molar-refractivity contribution in [2.45, 2.75) is 0 Å². The molecule has 0 unspecified atom stereocenters. The van der Waals surface area contributed by atoms with E-state index in [1.165, 1.54) is 16.9 Å². The Kier molecular flexibility index (Phi) is 4.71. The standard InChI is InChI=1S/C8H11Cl2N3O2/c9-2-5-12(6-3-10)13-4-1-7(14)11-8(13)15/h1,4H,2-3,5-6H2,(H,11,14,15). The van der Waals surface area contributed by atoms with E-state index in [1.807, 2.05) is 0 Å². The quantitative estimate of drug-likeness (QED) is 0.747. The summed E-state index contributed by atoms with van der Waals surface area (Å²) < 4.78 is 1.30. The van der Waals surface area contributed by atoms with Crippen LogP contribution >= 0.6 is 23.2 Å². The topological polar surface area (TPSA) is 58.1 Å². The maximum absolute atomic E-state index is 11.4. The van der Waals surface area contributed by atoms with Gasteiger partial charge in [-0.25, -0.2) is 9.47 Å². The first-order chi connectivity index (χ1) is 7.19. The highest BCUT2D eigenvalue weighted by Gasteiger charge is 2.05. The van der Waals surface area contributed by atoms with Gasteiger partial charge in [-0.2, -0.15) is 0 Å². The molecule has 0 bridgehead atoms. The summed E-state index contributed by atoms with van der Waals surface area (Å²) in [5.41, 5.74) is -0.911. The first kappa shape index (κ1) is 12.1. The molecule has 1 aromatic heterocycles. The molecule has 0 atom stereocenters. The molecular weight excluding hydrogens is 241 g/mol. The first-order valence-electron chi connectivity index (χ1n) is 4.38. The summed E-state index contributed by atoms with van der Waals surface area (Å²) in [6.07, 6.45) is 1.40. The molecule has 0 fully saturated rings. The summed E-state index contributed by atoms with van der Waals surface area (Å²) in [6, 6.07) is 1.27. The van der Waals surface area contributed by atoms with E-state index in [2.05, 4.69) is 4.98 Å². The second-order valence-corrected chi connectivity index (χ2v) is 3.54. The minimum atomic E-state index is -0.488. The lowest BCUT2D eigenvalue weighted by Crippen LogP contribution is -2.46. The zero-order chi connectivity index (χ0) is 11.3. The molecule has 84 valence electrons. The SMILES string of the molecule is O=c1ccn(N(CCCl)CCCl)c(=O)[nH]1. The van der Waals surface area contributed by atoms with Gasteiger partial charge in [0.25, 0.3) is 5.56 Å². The number of aromatic nitrogens is 2. The van der Waals surface area contributed by atoms with E-state index in [9.17, 15) is 9.59 Å². The highest BCUT2D eigenvalue weighted by atomic mass is 35.5. The van der Waals surface area contributed by atoms with Crippen LogP contribution in [-0.4, -0.2) is 34.5 Å². The van der Waals surface area contributed by atoms with Gasteiger partial charge in [0.2, 0.25) is 0 Å². The summed E-state index contributed by atoms with van der Waals surface area (Å²) in [7, 11) is 0. The third kappa shape index (κ3) is 3.28. The zero-order valence-corrected chi connectivity index (χ0v) is 9.46. The van der Waals surface area contributed by atoms with Crippen LogP contribution in [0, 0.1) is 0 Å². The second-order valence-electron chi connectivity index (χ2n) is 2.79. The Morgan fingerprint density at radius 1 is 1.27 bits per heavy atom. The molecule has 0 aliphatic carbocycles. The molecule has 7 heteroatoms. The molecular formula is C8H11Cl2N3O2. The summed E-state index contributed by atoms with van der Waals surface area (Å²) in [5.74, 6) is 0.755. The number of nitrogens with zero attached hydrogens (tertiary/aromatic N) is 2. The van der Waals surface area contributed by atoms with Gasteiger partial charge in [0.1, 0.15) is 0 Å². The van der Waals surface area contributed by atoms with E-state index < -0.39 is 11.2 Å². The fraction of sp³-hybridized carbons (Fsp3) is 0.500. The van der Waals surface area contributed by atoms with Gasteiger partial charge < -0.3 is 5.01 Å². The van der Waals surface area contributed by atoms with Gasteiger partial charge in [0.05, 0.1) is 0 Å². The van der Waals surface area contributed by atoms with Crippen molar-refractivity contribution < 1.29 is 0 Å². The Morgan fingerprint density at radius 3 is 2.33 bits per heavy atom. The molecule has 0 saturated carbocycles. The van der Waals surface area contributed by atoms with E-state index in [1.54, 1.807) is 5.01 Å². The maximum Gasteiger partial charge on any atom is 0.347 e. The van der Waals surface area contributed by atoms with Gasteiger partial charge in [0, 0.05) is 37.1 Å². The minimum absolute atomic E-state index is 0.377. The van der Waals surface area contributed by atoms with Crippen molar-refractivity contribution in [3.05, 3.63) is 33.1 Å². The number of hydrogen-bond acceptors (Lipinski definition) is 3. The van der Waals surface area contributed by atoms with Gasteiger partial charge in [-0.3, -0.25) is 9.78 Å². The van der Waals surface area contributed by atoms with Gasteiger partial charge in [0.15, 0.2) is 0 Å². The maximum atomic E-state index is 11.4. The van der Waals surface area contributed by atoms with E-state index >= 15 is 0 Å². The minimum Gasteiger partial charge on any atom is -0.307 e. The second kappa shape index (κ2) is 5.82. The summed E-state index contributed by atoms with van der Waals surface area (Å²) >= 11 is 11.2. The van der Waals surface area contributed by atoms with Crippen molar-refractivity contribution in [2.24, 2.45) is 0 Å². The first-order valence-corrected chi connectivity index (χ1v) is 5.45. The fourth-order valence-corrected chi connectivity index (χ4v) is 1.55. The van der Waals surface area contributed by atoms with Gasteiger partial charge in [-0.1, -0.05) is 0 Å². The highest BCUT2D eigenvalue weighted by Crippen LogP contribution is 1.89. The largest absolute Gasteiger partial charge is 0.347 e. The monoisotopic (exact) mass is 251 g/mol.